The van der Waals surface area contributed by atoms with Gasteiger partial charge in [-0.05, 0) is 18.1 Å². The van der Waals surface area contributed by atoms with Crippen LogP contribution in [-0.4, -0.2) is 24.7 Å². The van der Waals surface area contributed by atoms with Gasteiger partial charge in [-0.25, -0.2) is 0 Å². The molecule has 0 saturated carbocycles. The molecule has 0 amide bonds. The number of likely N-dealkylation sites (N-methyl/N-ethyl adjacent to an activating group) is 1. The van der Waals surface area contributed by atoms with Crippen LogP contribution in [0.2, 0.25) is 0 Å². The van der Waals surface area contributed by atoms with Crippen LogP contribution in [0.3, 0.4) is 0 Å². The summed E-state index contributed by atoms with van der Waals surface area (Å²) in [5, 5.41) is 0. The Morgan fingerprint density at radius 2 is 1.71 bits per heavy atom. The maximum Gasteiger partial charge on any atom is 0.206 e. The van der Waals surface area contributed by atoms with Crippen LogP contribution in [0.5, 0.6) is 0 Å². The van der Waals surface area contributed by atoms with Gasteiger partial charge in [0, 0.05) is 5.56 Å². The first-order valence-electron chi connectivity index (χ1n) is 7.42. The van der Waals surface area contributed by atoms with Gasteiger partial charge < -0.3 is 9.22 Å². The van der Waals surface area contributed by atoms with Crippen LogP contribution in [0.1, 0.15) is 23.6 Å². The van der Waals surface area contributed by atoms with E-state index in [0.717, 1.165) is 13.1 Å². The molecule has 2 unspecified atom stereocenters. The minimum atomic E-state index is -0.418. The zero-order valence-corrected chi connectivity index (χ0v) is 12.8. The van der Waals surface area contributed by atoms with Gasteiger partial charge in [0.2, 0.25) is 7.05 Å². The Morgan fingerprint density at radius 3 is 2.48 bits per heavy atom. The van der Waals surface area contributed by atoms with Crippen LogP contribution in [-0.2, 0) is 16.9 Å². The Hall–Kier alpha value is -1.64. The largest absolute Gasteiger partial charge is 0.360 e. The Balaban J connectivity index is 2.14. The summed E-state index contributed by atoms with van der Waals surface area (Å²) in [6.45, 7) is 4.43. The van der Waals surface area contributed by atoms with Crippen LogP contribution < -0.4 is 0 Å². The summed E-state index contributed by atoms with van der Waals surface area (Å²) >= 11 is 0. The molecule has 108 valence electrons. The molecule has 0 bridgehead atoms. The van der Waals surface area contributed by atoms with Gasteiger partial charge in [0.05, 0.1) is 13.7 Å². The van der Waals surface area contributed by atoms with Crippen LogP contribution in [0.15, 0.2) is 54.6 Å². The minimum absolute atomic E-state index is 0.418. The van der Waals surface area contributed by atoms with Crippen molar-refractivity contribution in [3.8, 4) is 0 Å². The summed E-state index contributed by atoms with van der Waals surface area (Å²) in [4.78, 5) is 0. The first-order valence-corrected chi connectivity index (χ1v) is 7.42. The molecule has 3 rings (SSSR count). The van der Waals surface area contributed by atoms with E-state index in [1.165, 1.54) is 16.7 Å². The summed E-state index contributed by atoms with van der Waals surface area (Å²) in [5.74, 6) is 0. The fourth-order valence-corrected chi connectivity index (χ4v) is 3.12. The highest BCUT2D eigenvalue weighted by Crippen LogP contribution is 2.37. The molecular formula is C19H22NO+. The molecule has 21 heavy (non-hydrogen) atoms. The van der Waals surface area contributed by atoms with Gasteiger partial charge in [-0.1, -0.05) is 54.6 Å². The van der Waals surface area contributed by atoms with Crippen molar-refractivity contribution in [3.63, 3.8) is 0 Å². The fourth-order valence-electron chi connectivity index (χ4n) is 3.12. The minimum Gasteiger partial charge on any atom is -0.360 e. The first-order chi connectivity index (χ1) is 10.0. The molecule has 2 aromatic rings. The second kappa shape index (κ2) is 5.28. The van der Waals surface area contributed by atoms with Gasteiger partial charge in [-0.2, -0.15) is 0 Å². The van der Waals surface area contributed by atoms with E-state index in [9.17, 15) is 0 Å². The Kier molecular flexibility index (Phi) is 3.60. The van der Waals surface area contributed by atoms with Crippen molar-refractivity contribution >= 4 is 0 Å². The fraction of sp³-hybridized carbons (Fsp3) is 0.316. The van der Waals surface area contributed by atoms with Gasteiger partial charge in [-0.3, -0.25) is 0 Å². The van der Waals surface area contributed by atoms with E-state index in [-0.39, 0.29) is 0 Å². The third kappa shape index (κ3) is 2.74. The SMILES string of the molecule is [CH][N+]1(C)CCOC(C)(c2ccccc2)c2ccccc2C1. The van der Waals surface area contributed by atoms with Crippen molar-refractivity contribution in [1.82, 2.24) is 0 Å². The summed E-state index contributed by atoms with van der Waals surface area (Å²) < 4.78 is 6.78. The number of ether oxygens (including phenoxy) is 1. The zero-order valence-electron chi connectivity index (χ0n) is 12.8. The number of nitrogens with zero attached hydrogens (tertiary/aromatic N) is 1. The van der Waals surface area contributed by atoms with E-state index in [1.54, 1.807) is 0 Å². The molecule has 0 fully saturated rings. The summed E-state index contributed by atoms with van der Waals surface area (Å²) in [6, 6.07) is 18.9. The molecule has 2 aromatic carbocycles. The lowest BCUT2D eigenvalue weighted by Gasteiger charge is -2.39. The standard InChI is InChI=1S/C19H22NO/c1-19(17-10-5-4-6-11-17)18-12-8-7-9-16(18)15-20(2,3)13-14-21-19/h2,4-12H,13-15H2,1,3H3/q+1. The molecule has 1 aliphatic heterocycles. The molecule has 1 heterocycles. The molecule has 0 aliphatic carbocycles. The topological polar surface area (TPSA) is 9.23 Å². The highest BCUT2D eigenvalue weighted by Gasteiger charge is 2.36. The summed E-state index contributed by atoms with van der Waals surface area (Å²) in [6.07, 6.45) is 0. The normalized spacial score (nSPS) is 24.7. The lowest BCUT2D eigenvalue weighted by molar-refractivity contribution is -0.880. The average molecular weight is 280 g/mol. The van der Waals surface area contributed by atoms with Crippen molar-refractivity contribution in [1.29, 1.82) is 0 Å². The quantitative estimate of drug-likeness (QED) is 0.725. The average Bonchev–Trinajstić information content (AvgIpc) is 2.46. The second-order valence-corrected chi connectivity index (χ2v) is 6.27. The van der Waals surface area contributed by atoms with Crippen molar-refractivity contribution in [2.24, 2.45) is 0 Å². The highest BCUT2D eigenvalue weighted by molar-refractivity contribution is 5.40. The molecule has 2 heteroatoms. The van der Waals surface area contributed by atoms with E-state index < -0.39 is 5.60 Å². The molecule has 2 radical (unpaired) electrons. The number of benzene rings is 2. The first kappa shape index (κ1) is 14.3. The molecule has 0 N–H and O–H groups in total. The smallest absolute Gasteiger partial charge is 0.206 e. The monoisotopic (exact) mass is 280 g/mol. The second-order valence-electron chi connectivity index (χ2n) is 6.27. The number of hydrogen-bond acceptors (Lipinski definition) is 1. The van der Waals surface area contributed by atoms with Gasteiger partial charge in [-0.15, -0.1) is 0 Å². The number of quaternary nitrogens is 1. The van der Waals surface area contributed by atoms with Crippen molar-refractivity contribution in [3.05, 3.63) is 78.3 Å². The lowest BCUT2D eigenvalue weighted by atomic mass is 9.84. The zero-order chi connectivity index (χ0) is 14.9. The maximum atomic E-state index is 6.35. The molecule has 0 aromatic heterocycles. The molecule has 2 nitrogen and oxygen atoms in total. The Morgan fingerprint density at radius 1 is 1.05 bits per heavy atom. The van der Waals surface area contributed by atoms with Crippen LogP contribution in [0, 0.1) is 7.05 Å². The van der Waals surface area contributed by atoms with Crippen molar-refractivity contribution < 1.29 is 9.22 Å². The van der Waals surface area contributed by atoms with Crippen molar-refractivity contribution in [2.45, 2.75) is 19.1 Å². The molecule has 2 atom stereocenters. The van der Waals surface area contributed by atoms with Gasteiger partial charge >= 0.3 is 0 Å². The van der Waals surface area contributed by atoms with E-state index in [2.05, 4.69) is 55.5 Å². The van der Waals surface area contributed by atoms with Gasteiger partial charge in [0.1, 0.15) is 18.7 Å². The summed E-state index contributed by atoms with van der Waals surface area (Å²) in [5.41, 5.74) is 3.24. The Labute approximate surface area is 127 Å². The third-order valence-corrected chi connectivity index (χ3v) is 4.38. The predicted octanol–water partition coefficient (Wildman–Crippen LogP) is 3.60. The maximum absolute atomic E-state index is 6.35. The highest BCUT2D eigenvalue weighted by atomic mass is 16.5. The van der Waals surface area contributed by atoms with E-state index in [1.807, 2.05) is 13.1 Å². The van der Waals surface area contributed by atoms with Gasteiger partial charge in [0.15, 0.2) is 0 Å². The molecular weight excluding hydrogens is 258 g/mol. The number of rotatable bonds is 1. The predicted molar refractivity (Wildman–Crippen MR) is 84.3 cm³/mol. The Bertz CT molecular complexity index is 620. The van der Waals surface area contributed by atoms with Crippen LogP contribution in [0.25, 0.3) is 0 Å². The third-order valence-electron chi connectivity index (χ3n) is 4.38. The van der Waals surface area contributed by atoms with Gasteiger partial charge in [0.25, 0.3) is 0 Å². The van der Waals surface area contributed by atoms with E-state index >= 15 is 0 Å². The molecule has 0 spiro atoms. The molecule has 0 saturated heterocycles. The number of hydrogen-bond donors (Lipinski definition) is 0. The van der Waals surface area contributed by atoms with E-state index in [4.69, 9.17) is 11.8 Å². The molecule has 1 aliphatic rings. The number of fused-ring (bicyclic) bond motifs is 1. The van der Waals surface area contributed by atoms with Crippen molar-refractivity contribution in [2.75, 3.05) is 20.2 Å². The van der Waals surface area contributed by atoms with E-state index in [0.29, 0.717) is 11.1 Å². The van der Waals surface area contributed by atoms with Crippen LogP contribution >= 0.6 is 0 Å². The van der Waals surface area contributed by atoms with Crippen LogP contribution in [0.4, 0.5) is 0 Å². The summed E-state index contributed by atoms with van der Waals surface area (Å²) in [7, 11) is 8.39. The lowest BCUT2D eigenvalue weighted by Crippen LogP contribution is -2.44.